The zero-order valence-corrected chi connectivity index (χ0v) is 19.4. The number of hydrogen-bond acceptors (Lipinski definition) is 8. The number of aromatic nitrogens is 6. The molecule has 0 unspecified atom stereocenters. The molecule has 1 saturated heterocycles. The lowest BCUT2D eigenvalue weighted by Gasteiger charge is -2.32. The number of urea groups is 1. The Morgan fingerprint density at radius 3 is 2.64 bits per heavy atom. The summed E-state index contributed by atoms with van der Waals surface area (Å²) in [6.45, 7) is 3.43. The largest absolute Gasteiger partial charge is 0.415 e. The molecular formula is C23H23F2N9O2. The molecular weight excluding hydrogens is 472 g/mol. The summed E-state index contributed by atoms with van der Waals surface area (Å²) < 4.78 is 31.9. The molecule has 1 aliphatic heterocycles. The quantitative estimate of drug-likeness (QED) is 0.433. The van der Waals surface area contributed by atoms with Crippen molar-refractivity contribution in [2.24, 2.45) is 0 Å². The molecule has 0 atom stereocenters. The standard InChI is InChI=1S/C23H23F2N9O2/c1-32-7-9-33(10-8-32)23(35)27-17-4-2-3-15(11-17)19-14-34(31-28-19)13-18-6-5-16(12-26-18)21-29-30-22(36-21)20(24)25/h2-6,11-12,14,20H,7-10,13H2,1H3,(H,27,35). The van der Waals surface area contributed by atoms with Gasteiger partial charge in [0.2, 0.25) is 5.89 Å². The summed E-state index contributed by atoms with van der Waals surface area (Å²) in [5.74, 6) is -0.751. The molecule has 2 amide bonds. The van der Waals surface area contributed by atoms with Gasteiger partial charge in [0.25, 0.3) is 5.89 Å². The number of alkyl halides is 2. The first-order valence-electron chi connectivity index (χ1n) is 11.3. The Kier molecular flexibility index (Phi) is 6.62. The monoisotopic (exact) mass is 495 g/mol. The number of nitrogens with zero attached hydrogens (tertiary/aromatic N) is 8. The van der Waals surface area contributed by atoms with Crippen LogP contribution in [-0.4, -0.2) is 79.2 Å². The maximum atomic E-state index is 12.6. The molecule has 1 fully saturated rings. The normalized spacial score (nSPS) is 14.4. The van der Waals surface area contributed by atoms with Crippen molar-refractivity contribution >= 4 is 11.7 Å². The highest BCUT2D eigenvalue weighted by Crippen LogP contribution is 2.23. The first-order chi connectivity index (χ1) is 17.4. The first-order valence-corrected chi connectivity index (χ1v) is 11.3. The molecule has 0 saturated carbocycles. The SMILES string of the molecule is CN1CCN(C(=O)Nc2cccc(-c3cn(Cc4ccc(-c5nnc(C(F)F)o5)cn4)nn3)c2)CC1. The fourth-order valence-electron chi connectivity index (χ4n) is 3.73. The molecule has 4 heterocycles. The van der Waals surface area contributed by atoms with E-state index in [0.717, 1.165) is 18.7 Å². The number of carbonyl (C=O) groups is 1. The van der Waals surface area contributed by atoms with Gasteiger partial charge >= 0.3 is 12.5 Å². The van der Waals surface area contributed by atoms with Crippen molar-refractivity contribution < 1.29 is 18.0 Å². The number of hydrogen-bond donors (Lipinski definition) is 1. The fraction of sp³-hybridized carbons (Fsp3) is 0.304. The number of likely N-dealkylation sites (N-methyl/N-ethyl adjacent to an activating group) is 1. The zero-order valence-electron chi connectivity index (χ0n) is 19.4. The minimum Gasteiger partial charge on any atom is -0.415 e. The molecule has 186 valence electrons. The van der Waals surface area contributed by atoms with E-state index in [9.17, 15) is 13.6 Å². The van der Waals surface area contributed by atoms with Gasteiger partial charge in [0.1, 0.15) is 5.69 Å². The predicted octanol–water partition coefficient (Wildman–Crippen LogP) is 3.16. The van der Waals surface area contributed by atoms with Crippen molar-refractivity contribution in [2.75, 3.05) is 38.5 Å². The summed E-state index contributed by atoms with van der Waals surface area (Å²) in [7, 11) is 2.04. The van der Waals surface area contributed by atoms with E-state index in [1.807, 2.05) is 31.3 Å². The van der Waals surface area contributed by atoms with Gasteiger partial charge in [-0.15, -0.1) is 15.3 Å². The van der Waals surface area contributed by atoms with Crippen LogP contribution in [0.1, 0.15) is 18.0 Å². The van der Waals surface area contributed by atoms with E-state index in [-0.39, 0.29) is 11.9 Å². The van der Waals surface area contributed by atoms with Crippen LogP contribution >= 0.6 is 0 Å². The lowest BCUT2D eigenvalue weighted by molar-refractivity contribution is 0.116. The van der Waals surface area contributed by atoms with Crippen molar-refractivity contribution in [3.8, 4) is 22.7 Å². The van der Waals surface area contributed by atoms with E-state index in [2.05, 4.69) is 35.7 Å². The predicted molar refractivity (Wildman–Crippen MR) is 125 cm³/mol. The third-order valence-corrected chi connectivity index (χ3v) is 5.76. The summed E-state index contributed by atoms with van der Waals surface area (Å²) in [5, 5.41) is 18.3. The minimum atomic E-state index is -2.83. The second kappa shape index (κ2) is 10.2. The molecule has 11 nitrogen and oxygen atoms in total. The average molecular weight is 495 g/mol. The topological polar surface area (TPSA) is 118 Å². The third-order valence-electron chi connectivity index (χ3n) is 5.76. The molecule has 0 aliphatic carbocycles. The number of piperazine rings is 1. The number of carbonyl (C=O) groups excluding carboxylic acids is 1. The van der Waals surface area contributed by atoms with Gasteiger partial charge < -0.3 is 19.5 Å². The van der Waals surface area contributed by atoms with Crippen molar-refractivity contribution in [1.82, 2.24) is 40.0 Å². The van der Waals surface area contributed by atoms with Crippen LogP contribution in [0.15, 0.2) is 53.2 Å². The summed E-state index contributed by atoms with van der Waals surface area (Å²) in [5.41, 5.74) is 3.25. The Balaban J connectivity index is 1.22. The summed E-state index contributed by atoms with van der Waals surface area (Å²) in [4.78, 5) is 20.9. The molecule has 0 spiro atoms. The van der Waals surface area contributed by atoms with Gasteiger partial charge in [0, 0.05) is 43.6 Å². The van der Waals surface area contributed by atoms with Gasteiger partial charge in [0.05, 0.1) is 24.0 Å². The molecule has 4 aromatic rings. The van der Waals surface area contributed by atoms with Gasteiger partial charge in [-0.05, 0) is 31.3 Å². The zero-order chi connectivity index (χ0) is 25.1. The molecule has 1 aliphatic rings. The van der Waals surface area contributed by atoms with E-state index in [1.54, 1.807) is 27.9 Å². The van der Waals surface area contributed by atoms with E-state index in [4.69, 9.17) is 4.42 Å². The molecule has 36 heavy (non-hydrogen) atoms. The number of pyridine rings is 1. The van der Waals surface area contributed by atoms with E-state index >= 15 is 0 Å². The molecule has 13 heteroatoms. The second-order valence-corrected chi connectivity index (χ2v) is 8.39. The molecule has 1 N–H and O–H groups in total. The molecule has 5 rings (SSSR count). The summed E-state index contributed by atoms with van der Waals surface area (Å²) >= 11 is 0. The average Bonchev–Trinajstić information content (AvgIpc) is 3.56. The van der Waals surface area contributed by atoms with E-state index in [1.165, 1.54) is 6.20 Å². The molecule has 3 aromatic heterocycles. The van der Waals surface area contributed by atoms with Crippen LogP contribution in [0.25, 0.3) is 22.7 Å². The Bertz CT molecular complexity index is 1330. The molecule has 0 bridgehead atoms. The van der Waals surface area contributed by atoms with Crippen LogP contribution in [0, 0.1) is 0 Å². The number of amides is 2. The van der Waals surface area contributed by atoms with Crippen LogP contribution in [0.5, 0.6) is 0 Å². The smallest absolute Gasteiger partial charge is 0.321 e. The van der Waals surface area contributed by atoms with Gasteiger partial charge in [-0.1, -0.05) is 17.3 Å². The first kappa shape index (κ1) is 23.5. The minimum absolute atomic E-state index is 0.0213. The van der Waals surface area contributed by atoms with E-state index in [0.29, 0.717) is 42.3 Å². The van der Waals surface area contributed by atoms with Crippen molar-refractivity contribution in [1.29, 1.82) is 0 Å². The lowest BCUT2D eigenvalue weighted by atomic mass is 10.1. The van der Waals surface area contributed by atoms with Crippen molar-refractivity contribution in [2.45, 2.75) is 13.0 Å². The summed E-state index contributed by atoms with van der Waals surface area (Å²) in [6.07, 6.45) is 0.431. The lowest BCUT2D eigenvalue weighted by Crippen LogP contribution is -2.48. The van der Waals surface area contributed by atoms with Crippen LogP contribution in [0.4, 0.5) is 19.3 Å². The number of benzene rings is 1. The fourth-order valence-corrected chi connectivity index (χ4v) is 3.73. The maximum absolute atomic E-state index is 12.6. The Hall–Kier alpha value is -4.26. The van der Waals surface area contributed by atoms with Gasteiger partial charge in [-0.3, -0.25) is 4.98 Å². The van der Waals surface area contributed by atoms with Gasteiger partial charge in [0.15, 0.2) is 0 Å². The van der Waals surface area contributed by atoms with Crippen LogP contribution in [0.2, 0.25) is 0 Å². The number of halogens is 2. The molecule has 1 aromatic carbocycles. The Morgan fingerprint density at radius 1 is 1.08 bits per heavy atom. The van der Waals surface area contributed by atoms with E-state index < -0.39 is 12.3 Å². The Morgan fingerprint density at radius 2 is 1.92 bits per heavy atom. The molecule has 0 radical (unpaired) electrons. The highest BCUT2D eigenvalue weighted by Gasteiger charge is 2.19. The highest BCUT2D eigenvalue weighted by molar-refractivity contribution is 5.90. The second-order valence-electron chi connectivity index (χ2n) is 8.39. The van der Waals surface area contributed by atoms with Gasteiger partial charge in [-0.2, -0.15) is 8.78 Å². The van der Waals surface area contributed by atoms with Crippen LogP contribution < -0.4 is 5.32 Å². The van der Waals surface area contributed by atoms with Crippen LogP contribution in [-0.2, 0) is 6.54 Å². The van der Waals surface area contributed by atoms with Gasteiger partial charge in [-0.25, -0.2) is 9.48 Å². The highest BCUT2D eigenvalue weighted by atomic mass is 19.3. The Labute approximate surface area is 204 Å². The number of rotatable bonds is 6. The number of nitrogens with one attached hydrogen (secondary N) is 1. The van der Waals surface area contributed by atoms with Crippen molar-refractivity contribution in [3.63, 3.8) is 0 Å². The number of anilines is 1. The van der Waals surface area contributed by atoms with Crippen LogP contribution in [0.3, 0.4) is 0 Å². The third kappa shape index (κ3) is 5.35. The summed E-state index contributed by atoms with van der Waals surface area (Å²) in [6, 6.07) is 10.7. The van der Waals surface area contributed by atoms with Crippen molar-refractivity contribution in [3.05, 3.63) is 60.4 Å². The maximum Gasteiger partial charge on any atom is 0.321 e.